The molecule has 0 aromatic heterocycles. The summed E-state index contributed by atoms with van der Waals surface area (Å²) < 4.78 is 6.59. The summed E-state index contributed by atoms with van der Waals surface area (Å²) >= 11 is 0. The molecule has 0 aliphatic heterocycles. The molecular weight excluding hydrogens is 308 g/mol. The molecule has 1 aromatic rings. The molecule has 0 bridgehead atoms. The minimum atomic E-state index is -1.67. The first-order chi connectivity index (χ1) is 11.4. The van der Waals surface area contributed by atoms with Gasteiger partial charge in [0.15, 0.2) is 8.32 Å². The fraction of sp³-hybridized carbons (Fsp3) is 0.636. The maximum Gasteiger partial charge on any atom is 0.200 e. The van der Waals surface area contributed by atoms with Crippen molar-refractivity contribution in [2.45, 2.75) is 83.8 Å². The van der Waals surface area contributed by atoms with Crippen LogP contribution in [0.3, 0.4) is 0 Å². The molecule has 1 aromatic carbocycles. The van der Waals surface area contributed by atoms with Gasteiger partial charge in [0.1, 0.15) is 0 Å². The number of allylic oxidation sites excluding steroid dienone is 2. The van der Waals surface area contributed by atoms with Crippen molar-refractivity contribution in [3.8, 4) is 0 Å². The lowest BCUT2D eigenvalue weighted by atomic mass is 10.1. The molecule has 0 unspecified atom stereocenters. The fourth-order valence-electron chi connectivity index (χ4n) is 4.08. The zero-order valence-corrected chi connectivity index (χ0v) is 17.7. The van der Waals surface area contributed by atoms with Gasteiger partial charge in [0.2, 0.25) is 0 Å². The molecule has 0 heterocycles. The second-order valence-corrected chi connectivity index (χ2v) is 13.3. The predicted octanol–water partition coefficient (Wildman–Crippen LogP) is 7.15. The van der Waals surface area contributed by atoms with E-state index in [9.17, 15) is 0 Å². The maximum atomic E-state index is 6.59. The molecule has 136 valence electrons. The van der Waals surface area contributed by atoms with Crippen molar-refractivity contribution in [2.24, 2.45) is 0 Å². The van der Waals surface area contributed by atoms with E-state index in [-0.39, 0.29) is 0 Å². The molecule has 0 saturated carbocycles. The van der Waals surface area contributed by atoms with Crippen LogP contribution < -0.4 is 0 Å². The van der Waals surface area contributed by atoms with Crippen LogP contribution in [0.4, 0.5) is 0 Å². The largest absolute Gasteiger partial charge is 0.416 e. The minimum absolute atomic E-state index is 0.680. The summed E-state index contributed by atoms with van der Waals surface area (Å²) in [6, 6.07) is 10.7. The van der Waals surface area contributed by atoms with Crippen molar-refractivity contribution in [1.82, 2.24) is 0 Å². The normalized spacial score (nSPS) is 12.9. The number of aryl methyl sites for hydroxylation is 1. The smallest absolute Gasteiger partial charge is 0.200 e. The Labute approximate surface area is 151 Å². The van der Waals surface area contributed by atoms with Crippen LogP contribution in [0.15, 0.2) is 42.5 Å². The first-order valence-electron chi connectivity index (χ1n) is 9.74. The number of hydrogen-bond acceptors (Lipinski definition) is 1. The third kappa shape index (κ3) is 6.21. The van der Waals surface area contributed by atoms with Crippen molar-refractivity contribution in [3.05, 3.63) is 48.0 Å². The summed E-state index contributed by atoms with van der Waals surface area (Å²) in [5.74, 6) is 0. The van der Waals surface area contributed by atoms with Gasteiger partial charge in [-0.25, -0.2) is 0 Å². The SMILES string of the molecule is CC(C)[Si](OCCC/C=C/CCc1ccccc1)(C(C)C)C(C)C. The van der Waals surface area contributed by atoms with Gasteiger partial charge in [-0.2, -0.15) is 0 Å². The molecule has 0 saturated heterocycles. The highest BCUT2D eigenvalue weighted by Gasteiger charge is 2.44. The lowest BCUT2D eigenvalue weighted by Gasteiger charge is -2.42. The average molecular weight is 347 g/mol. The Kier molecular flexibility index (Phi) is 9.61. The van der Waals surface area contributed by atoms with Gasteiger partial charge >= 0.3 is 0 Å². The van der Waals surface area contributed by atoms with Crippen LogP contribution in [0.25, 0.3) is 0 Å². The molecule has 0 atom stereocenters. The second kappa shape index (κ2) is 10.9. The molecule has 0 spiro atoms. The minimum Gasteiger partial charge on any atom is -0.416 e. The van der Waals surface area contributed by atoms with E-state index >= 15 is 0 Å². The molecule has 1 nitrogen and oxygen atoms in total. The third-order valence-corrected chi connectivity index (χ3v) is 11.3. The summed E-state index contributed by atoms with van der Waals surface area (Å²) in [5.41, 5.74) is 3.46. The van der Waals surface area contributed by atoms with Gasteiger partial charge in [-0.1, -0.05) is 84.0 Å². The molecule has 0 amide bonds. The highest BCUT2D eigenvalue weighted by molar-refractivity contribution is 6.77. The van der Waals surface area contributed by atoms with Crippen molar-refractivity contribution in [3.63, 3.8) is 0 Å². The van der Waals surface area contributed by atoms with Crippen LogP contribution in [0.5, 0.6) is 0 Å². The number of rotatable bonds is 11. The highest BCUT2D eigenvalue weighted by Crippen LogP contribution is 2.42. The lowest BCUT2D eigenvalue weighted by molar-refractivity contribution is 0.273. The molecule has 1 rings (SSSR count). The van der Waals surface area contributed by atoms with Crippen LogP contribution in [-0.4, -0.2) is 14.9 Å². The summed E-state index contributed by atoms with van der Waals surface area (Å²) in [5, 5.41) is 0. The Morgan fingerprint density at radius 1 is 0.833 bits per heavy atom. The van der Waals surface area contributed by atoms with Gasteiger partial charge < -0.3 is 4.43 Å². The number of unbranched alkanes of at least 4 members (excludes halogenated alkanes) is 1. The van der Waals surface area contributed by atoms with Crippen molar-refractivity contribution in [2.75, 3.05) is 6.61 Å². The van der Waals surface area contributed by atoms with Crippen LogP contribution in [0, 0.1) is 0 Å². The first kappa shape index (κ1) is 21.2. The van der Waals surface area contributed by atoms with E-state index in [1.54, 1.807) is 0 Å². The van der Waals surface area contributed by atoms with Gasteiger partial charge in [0.25, 0.3) is 0 Å². The van der Waals surface area contributed by atoms with E-state index in [2.05, 4.69) is 84.0 Å². The quantitative estimate of drug-likeness (QED) is 0.235. The van der Waals surface area contributed by atoms with Gasteiger partial charge in [0, 0.05) is 6.61 Å². The molecule has 24 heavy (non-hydrogen) atoms. The van der Waals surface area contributed by atoms with Crippen molar-refractivity contribution in [1.29, 1.82) is 0 Å². The van der Waals surface area contributed by atoms with E-state index in [1.807, 2.05) is 0 Å². The van der Waals surface area contributed by atoms with Gasteiger partial charge in [-0.05, 0) is 47.9 Å². The monoisotopic (exact) mass is 346 g/mol. The molecule has 0 radical (unpaired) electrons. The Morgan fingerprint density at radius 3 is 1.92 bits per heavy atom. The van der Waals surface area contributed by atoms with Gasteiger partial charge in [0.05, 0.1) is 0 Å². The zero-order valence-electron chi connectivity index (χ0n) is 16.7. The van der Waals surface area contributed by atoms with Crippen LogP contribution in [0.2, 0.25) is 16.6 Å². The maximum absolute atomic E-state index is 6.59. The fourth-order valence-corrected chi connectivity index (χ4v) is 9.58. The number of hydrogen-bond donors (Lipinski definition) is 0. The Morgan fingerprint density at radius 2 is 1.38 bits per heavy atom. The van der Waals surface area contributed by atoms with E-state index in [0.717, 1.165) is 32.3 Å². The highest BCUT2D eigenvalue weighted by atomic mass is 28.4. The molecule has 0 N–H and O–H groups in total. The molecule has 0 fully saturated rings. The van der Waals surface area contributed by atoms with Gasteiger partial charge in [-0.15, -0.1) is 0 Å². The summed E-state index contributed by atoms with van der Waals surface area (Å²) in [4.78, 5) is 0. The molecule has 0 aliphatic carbocycles. The van der Waals surface area contributed by atoms with Gasteiger partial charge in [-0.3, -0.25) is 0 Å². The topological polar surface area (TPSA) is 9.23 Å². The molecule has 2 heteroatoms. The summed E-state index contributed by atoms with van der Waals surface area (Å²) in [7, 11) is -1.67. The summed E-state index contributed by atoms with van der Waals surface area (Å²) in [6.07, 6.45) is 9.20. The van der Waals surface area contributed by atoms with Crippen LogP contribution in [0.1, 0.15) is 66.4 Å². The van der Waals surface area contributed by atoms with E-state index in [0.29, 0.717) is 16.6 Å². The lowest BCUT2D eigenvalue weighted by Crippen LogP contribution is -2.47. The predicted molar refractivity (Wildman–Crippen MR) is 110 cm³/mol. The molecule has 0 aliphatic rings. The number of benzene rings is 1. The first-order valence-corrected chi connectivity index (χ1v) is 11.9. The second-order valence-electron chi connectivity index (χ2n) is 7.80. The van der Waals surface area contributed by atoms with E-state index in [1.165, 1.54) is 5.56 Å². The zero-order chi connectivity index (χ0) is 18.0. The Bertz CT molecular complexity index is 440. The van der Waals surface area contributed by atoms with Crippen LogP contribution >= 0.6 is 0 Å². The standard InChI is InChI=1S/C22H38OSi/c1-19(2)24(20(3)4,21(5)6)23-18-14-9-7-8-11-15-22-16-12-10-13-17-22/h7-8,10,12-13,16-17,19-21H,9,11,14-15,18H2,1-6H3/b8-7+. The van der Waals surface area contributed by atoms with E-state index < -0.39 is 8.32 Å². The average Bonchev–Trinajstić information content (AvgIpc) is 2.53. The van der Waals surface area contributed by atoms with Crippen LogP contribution in [-0.2, 0) is 10.8 Å². The summed E-state index contributed by atoms with van der Waals surface area (Å²) in [6.45, 7) is 15.1. The Balaban J connectivity index is 2.30. The molecular formula is C22H38OSi. The van der Waals surface area contributed by atoms with Crippen molar-refractivity contribution < 1.29 is 4.43 Å². The van der Waals surface area contributed by atoms with Crippen molar-refractivity contribution >= 4 is 8.32 Å². The Hall–Kier alpha value is -0.863. The third-order valence-electron chi connectivity index (χ3n) is 5.18. The van der Waals surface area contributed by atoms with E-state index in [4.69, 9.17) is 4.43 Å².